The van der Waals surface area contributed by atoms with Crippen molar-refractivity contribution in [3.8, 4) is 28.7 Å². The van der Waals surface area contributed by atoms with E-state index in [1.54, 1.807) is 56.7 Å². The van der Waals surface area contributed by atoms with E-state index in [2.05, 4.69) is 22.4 Å². The topological polar surface area (TPSA) is 95.7 Å². The molecule has 0 saturated heterocycles. The molecule has 8 heteroatoms. The number of hydrogen-bond donors (Lipinski definition) is 1. The van der Waals surface area contributed by atoms with Crippen molar-refractivity contribution in [1.29, 1.82) is 0 Å². The Morgan fingerprint density at radius 1 is 1.00 bits per heavy atom. The fourth-order valence-electron chi connectivity index (χ4n) is 2.77. The molecule has 0 aliphatic heterocycles. The smallest absolute Gasteiger partial charge is 0.322 e. The van der Waals surface area contributed by atoms with Crippen LogP contribution in [0.1, 0.15) is 36.5 Å². The Labute approximate surface area is 175 Å². The van der Waals surface area contributed by atoms with E-state index < -0.39 is 0 Å². The van der Waals surface area contributed by atoms with Gasteiger partial charge in [0.1, 0.15) is 5.75 Å². The summed E-state index contributed by atoms with van der Waals surface area (Å²) < 4.78 is 21.7. The maximum absolute atomic E-state index is 12.4. The maximum Gasteiger partial charge on any atom is 0.322 e. The van der Waals surface area contributed by atoms with E-state index in [4.69, 9.17) is 18.6 Å². The molecule has 0 fully saturated rings. The highest BCUT2D eigenvalue weighted by atomic mass is 16.5. The zero-order valence-electron chi connectivity index (χ0n) is 17.3. The van der Waals surface area contributed by atoms with E-state index in [1.165, 1.54) is 0 Å². The Morgan fingerprint density at radius 2 is 1.77 bits per heavy atom. The Kier molecular flexibility index (Phi) is 7.26. The van der Waals surface area contributed by atoms with Crippen molar-refractivity contribution in [2.75, 3.05) is 26.1 Å². The number of benzene rings is 2. The summed E-state index contributed by atoms with van der Waals surface area (Å²) in [6, 6.07) is 12.1. The SMILES string of the molecule is CCCCCOc1ccc(C(=O)Nc2nnc(-c3ccc(OC)c(OC)c3)o2)cc1. The van der Waals surface area contributed by atoms with Gasteiger partial charge in [-0.2, -0.15) is 0 Å². The number of hydrogen-bond acceptors (Lipinski definition) is 7. The molecule has 3 aromatic rings. The minimum atomic E-state index is -0.352. The van der Waals surface area contributed by atoms with Crippen molar-refractivity contribution in [2.24, 2.45) is 0 Å². The third-order valence-corrected chi connectivity index (χ3v) is 4.41. The van der Waals surface area contributed by atoms with Gasteiger partial charge in [0.15, 0.2) is 11.5 Å². The molecule has 30 heavy (non-hydrogen) atoms. The summed E-state index contributed by atoms with van der Waals surface area (Å²) in [4.78, 5) is 12.4. The highest BCUT2D eigenvalue weighted by molar-refractivity contribution is 6.03. The summed E-state index contributed by atoms with van der Waals surface area (Å²) in [7, 11) is 3.10. The van der Waals surface area contributed by atoms with Gasteiger partial charge in [0, 0.05) is 11.1 Å². The summed E-state index contributed by atoms with van der Waals surface area (Å²) >= 11 is 0. The van der Waals surface area contributed by atoms with Crippen LogP contribution in [0, 0.1) is 0 Å². The highest BCUT2D eigenvalue weighted by Gasteiger charge is 2.15. The van der Waals surface area contributed by atoms with Gasteiger partial charge >= 0.3 is 6.01 Å². The maximum atomic E-state index is 12.4. The van der Waals surface area contributed by atoms with Crippen LogP contribution in [0.25, 0.3) is 11.5 Å². The van der Waals surface area contributed by atoms with Crippen LogP contribution in [-0.2, 0) is 0 Å². The molecule has 8 nitrogen and oxygen atoms in total. The highest BCUT2D eigenvalue weighted by Crippen LogP contribution is 2.32. The van der Waals surface area contributed by atoms with E-state index in [9.17, 15) is 4.79 Å². The monoisotopic (exact) mass is 411 g/mol. The fraction of sp³-hybridized carbons (Fsp3) is 0.318. The number of nitrogens with one attached hydrogen (secondary N) is 1. The van der Waals surface area contributed by atoms with Crippen molar-refractivity contribution in [2.45, 2.75) is 26.2 Å². The van der Waals surface area contributed by atoms with Crippen LogP contribution in [0.15, 0.2) is 46.9 Å². The van der Waals surface area contributed by atoms with E-state index in [0.29, 0.717) is 29.2 Å². The van der Waals surface area contributed by atoms with E-state index in [1.807, 2.05) is 0 Å². The molecule has 0 atom stereocenters. The van der Waals surface area contributed by atoms with Crippen molar-refractivity contribution in [1.82, 2.24) is 10.2 Å². The molecule has 0 aliphatic rings. The predicted molar refractivity (Wildman–Crippen MR) is 112 cm³/mol. The van der Waals surface area contributed by atoms with E-state index in [-0.39, 0.29) is 17.8 Å². The minimum Gasteiger partial charge on any atom is -0.494 e. The molecule has 0 radical (unpaired) electrons. The van der Waals surface area contributed by atoms with Crippen molar-refractivity contribution >= 4 is 11.9 Å². The Morgan fingerprint density at radius 3 is 2.47 bits per heavy atom. The summed E-state index contributed by atoms with van der Waals surface area (Å²) in [5.41, 5.74) is 1.10. The van der Waals surface area contributed by atoms with Crippen LogP contribution in [0.5, 0.6) is 17.2 Å². The van der Waals surface area contributed by atoms with Gasteiger partial charge in [0.05, 0.1) is 20.8 Å². The van der Waals surface area contributed by atoms with Crippen molar-refractivity contribution < 1.29 is 23.4 Å². The van der Waals surface area contributed by atoms with Crippen LogP contribution in [0.4, 0.5) is 6.01 Å². The first-order valence-electron chi connectivity index (χ1n) is 9.74. The minimum absolute atomic E-state index is 0.00433. The zero-order chi connectivity index (χ0) is 21.3. The Balaban J connectivity index is 1.62. The average molecular weight is 411 g/mol. The lowest BCUT2D eigenvalue weighted by Gasteiger charge is -2.07. The van der Waals surface area contributed by atoms with Crippen molar-refractivity contribution in [3.05, 3.63) is 48.0 Å². The molecule has 2 aromatic carbocycles. The third kappa shape index (κ3) is 5.28. The van der Waals surface area contributed by atoms with Gasteiger partial charge in [-0.3, -0.25) is 10.1 Å². The van der Waals surface area contributed by atoms with Gasteiger partial charge in [-0.15, -0.1) is 5.10 Å². The Bertz CT molecular complexity index is 969. The van der Waals surface area contributed by atoms with Crippen LogP contribution in [0.3, 0.4) is 0 Å². The molecule has 0 bridgehead atoms. The molecule has 0 spiro atoms. The summed E-state index contributed by atoms with van der Waals surface area (Å²) in [6.07, 6.45) is 3.29. The average Bonchev–Trinajstić information content (AvgIpc) is 3.25. The quantitative estimate of drug-likeness (QED) is 0.488. The van der Waals surface area contributed by atoms with Gasteiger partial charge in [-0.25, -0.2) is 0 Å². The first-order valence-corrected chi connectivity index (χ1v) is 9.74. The second-order valence-electron chi connectivity index (χ2n) is 6.52. The van der Waals surface area contributed by atoms with Crippen LogP contribution in [-0.4, -0.2) is 36.9 Å². The number of carbonyl (C=O) groups is 1. The molecular formula is C22H25N3O5. The molecule has 1 amide bonds. The molecule has 0 unspecified atom stereocenters. The third-order valence-electron chi connectivity index (χ3n) is 4.41. The second-order valence-corrected chi connectivity index (χ2v) is 6.52. The van der Waals surface area contributed by atoms with Gasteiger partial charge in [0.2, 0.25) is 5.89 Å². The lowest BCUT2D eigenvalue weighted by Crippen LogP contribution is -2.12. The van der Waals surface area contributed by atoms with E-state index >= 15 is 0 Å². The second kappa shape index (κ2) is 10.3. The zero-order valence-corrected chi connectivity index (χ0v) is 17.3. The molecule has 0 saturated carbocycles. The van der Waals surface area contributed by atoms with Crippen LogP contribution >= 0.6 is 0 Å². The van der Waals surface area contributed by atoms with Crippen LogP contribution in [0.2, 0.25) is 0 Å². The molecule has 1 aromatic heterocycles. The predicted octanol–water partition coefficient (Wildman–Crippen LogP) is 4.58. The molecule has 1 N–H and O–H groups in total. The van der Waals surface area contributed by atoms with Crippen molar-refractivity contribution in [3.63, 3.8) is 0 Å². The first-order chi connectivity index (χ1) is 14.6. The number of rotatable bonds is 10. The number of anilines is 1. The number of aromatic nitrogens is 2. The number of amides is 1. The molecular weight excluding hydrogens is 386 g/mol. The summed E-state index contributed by atoms with van der Waals surface area (Å²) in [5.74, 6) is 1.76. The van der Waals surface area contributed by atoms with Gasteiger partial charge in [-0.05, 0) is 48.9 Å². The summed E-state index contributed by atoms with van der Waals surface area (Å²) in [6.45, 7) is 2.81. The molecule has 1 heterocycles. The Hall–Kier alpha value is -3.55. The fourth-order valence-corrected chi connectivity index (χ4v) is 2.77. The largest absolute Gasteiger partial charge is 0.494 e. The van der Waals surface area contributed by atoms with Gasteiger partial charge < -0.3 is 18.6 Å². The molecule has 158 valence electrons. The standard InChI is InChI=1S/C22H25N3O5/c1-4-5-6-13-29-17-10-7-15(8-11-17)20(26)23-22-25-24-21(30-22)16-9-12-18(27-2)19(14-16)28-3/h7-12,14H,4-6,13H2,1-3H3,(H,23,25,26). The number of methoxy groups -OCH3 is 2. The number of unbranched alkanes of at least 4 members (excludes halogenated alkanes) is 2. The molecule has 3 rings (SSSR count). The van der Waals surface area contributed by atoms with Gasteiger partial charge in [-0.1, -0.05) is 24.9 Å². The molecule has 0 aliphatic carbocycles. The summed E-state index contributed by atoms with van der Waals surface area (Å²) in [5, 5.41) is 10.5. The lowest BCUT2D eigenvalue weighted by atomic mass is 10.2. The first kappa shape index (κ1) is 21.2. The number of nitrogens with zero attached hydrogens (tertiary/aromatic N) is 2. The lowest BCUT2D eigenvalue weighted by molar-refractivity contribution is 0.102. The normalized spacial score (nSPS) is 10.5. The number of carbonyl (C=O) groups excluding carboxylic acids is 1. The number of ether oxygens (including phenoxy) is 3. The van der Waals surface area contributed by atoms with Gasteiger partial charge in [0.25, 0.3) is 5.91 Å². The van der Waals surface area contributed by atoms with E-state index in [0.717, 1.165) is 25.0 Å². The van der Waals surface area contributed by atoms with Crippen LogP contribution < -0.4 is 19.5 Å².